The quantitative estimate of drug-likeness (QED) is 0.685. The van der Waals surface area contributed by atoms with Crippen molar-refractivity contribution in [2.24, 2.45) is 0 Å². The first-order chi connectivity index (χ1) is 12.8. The number of hydrogen-bond donors (Lipinski definition) is 0. The number of aryl methyl sites for hydroxylation is 1. The van der Waals surface area contributed by atoms with Gasteiger partial charge < -0.3 is 4.90 Å². The number of nitrogens with zero attached hydrogens (tertiary/aromatic N) is 2. The van der Waals surface area contributed by atoms with Gasteiger partial charge >= 0.3 is 0 Å². The molecule has 2 aromatic carbocycles. The smallest absolute Gasteiger partial charge is 0.264 e. The van der Waals surface area contributed by atoms with Gasteiger partial charge in [0, 0.05) is 25.7 Å². The molecule has 5 nitrogen and oxygen atoms in total. The van der Waals surface area contributed by atoms with Gasteiger partial charge in [-0.15, -0.1) is 0 Å². The zero-order chi connectivity index (χ0) is 20.0. The molecule has 0 aromatic heterocycles. The van der Waals surface area contributed by atoms with E-state index in [4.69, 9.17) is 0 Å². The molecule has 0 saturated carbocycles. The molecule has 146 valence electrons. The number of anilines is 1. The van der Waals surface area contributed by atoms with Crippen molar-refractivity contribution in [3.05, 3.63) is 59.7 Å². The normalized spacial score (nSPS) is 11.3. The fourth-order valence-corrected chi connectivity index (χ4v) is 4.42. The molecule has 0 spiro atoms. The van der Waals surface area contributed by atoms with Gasteiger partial charge in [0.05, 0.1) is 10.6 Å². The van der Waals surface area contributed by atoms with Gasteiger partial charge in [-0.3, -0.25) is 9.10 Å². The van der Waals surface area contributed by atoms with E-state index in [0.29, 0.717) is 24.3 Å². The molecule has 0 aliphatic heterocycles. The summed E-state index contributed by atoms with van der Waals surface area (Å²) in [5, 5.41) is 0. The fraction of sp³-hybridized carbons (Fsp3) is 0.381. The minimum absolute atomic E-state index is 0.126. The topological polar surface area (TPSA) is 57.7 Å². The Hall–Kier alpha value is -2.34. The zero-order valence-corrected chi connectivity index (χ0v) is 17.3. The second-order valence-electron chi connectivity index (χ2n) is 6.62. The minimum Gasteiger partial charge on any atom is -0.342 e. The maximum atomic E-state index is 13.2. The molecule has 2 aromatic rings. The van der Waals surface area contributed by atoms with Crippen molar-refractivity contribution in [1.29, 1.82) is 0 Å². The van der Waals surface area contributed by atoms with Gasteiger partial charge in [0.2, 0.25) is 0 Å². The van der Waals surface area contributed by atoms with Gasteiger partial charge in [-0.05, 0) is 56.2 Å². The molecular weight excluding hydrogens is 360 g/mol. The average molecular weight is 389 g/mol. The van der Waals surface area contributed by atoms with E-state index in [1.54, 1.807) is 37.1 Å². The predicted molar refractivity (Wildman–Crippen MR) is 110 cm³/mol. The number of benzene rings is 2. The summed E-state index contributed by atoms with van der Waals surface area (Å²) in [6.45, 7) is 6.75. The van der Waals surface area contributed by atoms with Crippen LogP contribution in [0.25, 0.3) is 0 Å². The average Bonchev–Trinajstić information content (AvgIpc) is 2.66. The molecule has 27 heavy (non-hydrogen) atoms. The van der Waals surface area contributed by atoms with Crippen molar-refractivity contribution < 1.29 is 13.2 Å². The second-order valence-corrected chi connectivity index (χ2v) is 8.48. The molecule has 6 heteroatoms. The van der Waals surface area contributed by atoms with E-state index in [-0.39, 0.29) is 10.8 Å². The lowest BCUT2D eigenvalue weighted by molar-refractivity contribution is 0.0793. The van der Waals surface area contributed by atoms with Crippen molar-refractivity contribution in [3.63, 3.8) is 0 Å². The Morgan fingerprint density at radius 2 is 1.74 bits per heavy atom. The summed E-state index contributed by atoms with van der Waals surface area (Å²) in [4.78, 5) is 14.4. The van der Waals surface area contributed by atoms with Gasteiger partial charge in [0.1, 0.15) is 0 Å². The highest BCUT2D eigenvalue weighted by Gasteiger charge is 2.25. The van der Waals surface area contributed by atoms with E-state index in [0.717, 1.165) is 18.4 Å². The van der Waals surface area contributed by atoms with Crippen LogP contribution < -0.4 is 4.31 Å². The number of hydrogen-bond acceptors (Lipinski definition) is 3. The first-order valence-corrected chi connectivity index (χ1v) is 10.7. The lowest BCUT2D eigenvalue weighted by Gasteiger charge is -2.24. The van der Waals surface area contributed by atoms with Gasteiger partial charge in [-0.1, -0.05) is 31.5 Å². The predicted octanol–water partition coefficient (Wildman–Crippen LogP) is 4.08. The van der Waals surface area contributed by atoms with Crippen LogP contribution in [0.15, 0.2) is 53.4 Å². The van der Waals surface area contributed by atoms with E-state index in [1.165, 1.54) is 16.4 Å². The number of carbonyl (C=O) groups is 1. The van der Waals surface area contributed by atoms with Crippen LogP contribution in [-0.2, 0) is 10.0 Å². The minimum atomic E-state index is -3.76. The van der Waals surface area contributed by atoms with Crippen molar-refractivity contribution in [1.82, 2.24) is 4.90 Å². The molecule has 0 fully saturated rings. The van der Waals surface area contributed by atoms with E-state index >= 15 is 0 Å². The first-order valence-electron chi connectivity index (χ1n) is 9.26. The molecular formula is C21H28N2O3S. The van der Waals surface area contributed by atoms with Crippen molar-refractivity contribution in [2.45, 2.75) is 38.5 Å². The summed E-state index contributed by atoms with van der Waals surface area (Å²) in [5.41, 5.74) is 1.99. The van der Waals surface area contributed by atoms with Crippen molar-refractivity contribution in [3.8, 4) is 0 Å². The molecule has 0 radical (unpaired) electrons. The molecule has 0 heterocycles. The second kappa shape index (κ2) is 9.04. The zero-order valence-electron chi connectivity index (χ0n) is 16.5. The molecule has 0 N–H and O–H groups in total. The number of sulfonamides is 1. The molecule has 0 bridgehead atoms. The van der Waals surface area contributed by atoms with Crippen LogP contribution >= 0.6 is 0 Å². The first kappa shape index (κ1) is 21.0. The third-order valence-corrected chi connectivity index (χ3v) is 6.34. The van der Waals surface area contributed by atoms with Crippen LogP contribution in [-0.4, -0.2) is 39.4 Å². The molecule has 0 unspecified atom stereocenters. The Morgan fingerprint density at radius 1 is 1.04 bits per heavy atom. The van der Waals surface area contributed by atoms with Crippen LogP contribution in [0, 0.1) is 6.92 Å². The molecule has 0 aliphatic rings. The Balaban J connectivity index is 2.37. The van der Waals surface area contributed by atoms with Crippen molar-refractivity contribution in [2.75, 3.05) is 24.4 Å². The SMILES string of the molecule is CCCCN(C)C(=O)c1cccc(S(=O)(=O)N(CC)c2cccc(C)c2)c1. The summed E-state index contributed by atoms with van der Waals surface area (Å²) >= 11 is 0. The van der Waals surface area contributed by atoms with Crippen LogP contribution in [0.3, 0.4) is 0 Å². The fourth-order valence-electron chi connectivity index (χ4n) is 2.91. The van der Waals surface area contributed by atoms with Gasteiger partial charge in [0.15, 0.2) is 0 Å². The maximum Gasteiger partial charge on any atom is 0.264 e. The van der Waals surface area contributed by atoms with E-state index in [9.17, 15) is 13.2 Å². The summed E-state index contributed by atoms with van der Waals surface area (Å²) in [5.74, 6) is -0.167. The van der Waals surface area contributed by atoms with E-state index < -0.39 is 10.0 Å². The maximum absolute atomic E-state index is 13.2. The Morgan fingerprint density at radius 3 is 2.37 bits per heavy atom. The Bertz CT molecular complexity index is 894. The highest BCUT2D eigenvalue weighted by Crippen LogP contribution is 2.25. The number of unbranched alkanes of at least 4 members (excludes halogenated alkanes) is 1. The standard InChI is InChI=1S/C21H28N2O3S/c1-5-7-14-22(4)21(24)18-11-9-13-20(16-18)27(25,26)23(6-2)19-12-8-10-17(3)15-19/h8-13,15-16H,5-7,14H2,1-4H3. The van der Waals surface area contributed by atoms with Crippen LogP contribution in [0.2, 0.25) is 0 Å². The summed E-state index contributed by atoms with van der Waals surface area (Å²) in [6.07, 6.45) is 1.91. The van der Waals surface area contributed by atoms with Gasteiger partial charge in [0.25, 0.3) is 15.9 Å². The molecule has 0 atom stereocenters. The summed E-state index contributed by atoms with van der Waals surface area (Å²) in [7, 11) is -2.02. The monoisotopic (exact) mass is 388 g/mol. The van der Waals surface area contributed by atoms with Crippen LogP contribution in [0.4, 0.5) is 5.69 Å². The van der Waals surface area contributed by atoms with E-state index in [1.807, 2.05) is 25.1 Å². The Kier molecular flexibility index (Phi) is 7.02. The highest BCUT2D eigenvalue weighted by atomic mass is 32.2. The lowest BCUT2D eigenvalue weighted by Crippen LogP contribution is -2.31. The summed E-state index contributed by atoms with van der Waals surface area (Å²) < 4.78 is 27.8. The van der Waals surface area contributed by atoms with Gasteiger partial charge in [-0.25, -0.2) is 8.42 Å². The summed E-state index contributed by atoms with van der Waals surface area (Å²) in [6, 6.07) is 13.7. The molecule has 0 aliphatic carbocycles. The van der Waals surface area contributed by atoms with Crippen LogP contribution in [0.1, 0.15) is 42.6 Å². The third kappa shape index (κ3) is 4.89. The number of amides is 1. The Labute approximate surface area is 162 Å². The number of rotatable bonds is 8. The number of carbonyl (C=O) groups excluding carboxylic acids is 1. The lowest BCUT2D eigenvalue weighted by atomic mass is 10.2. The third-order valence-electron chi connectivity index (χ3n) is 4.44. The van der Waals surface area contributed by atoms with Gasteiger partial charge in [-0.2, -0.15) is 0 Å². The van der Waals surface area contributed by atoms with Crippen molar-refractivity contribution >= 4 is 21.6 Å². The van der Waals surface area contributed by atoms with Crippen LogP contribution in [0.5, 0.6) is 0 Å². The largest absolute Gasteiger partial charge is 0.342 e. The molecule has 2 rings (SSSR count). The molecule has 0 saturated heterocycles. The van der Waals surface area contributed by atoms with E-state index in [2.05, 4.69) is 6.92 Å². The molecule has 1 amide bonds. The highest BCUT2D eigenvalue weighted by molar-refractivity contribution is 7.92.